The number of carbonyl (C=O) groups excluding carboxylic acids is 1. The maximum absolute atomic E-state index is 10.7. The van der Waals surface area contributed by atoms with Crippen molar-refractivity contribution in [2.75, 3.05) is 0 Å². The van der Waals surface area contributed by atoms with Gasteiger partial charge in [0.2, 0.25) is 0 Å². The number of carbonyl (C=O) groups is 1. The van der Waals surface area contributed by atoms with Crippen molar-refractivity contribution < 1.29 is 4.79 Å². The van der Waals surface area contributed by atoms with E-state index in [1.807, 2.05) is 0 Å². The molecular weight excluding hydrogens is 207 g/mol. The molecule has 1 aliphatic carbocycles. The zero-order valence-corrected chi connectivity index (χ0v) is 8.19. The van der Waals surface area contributed by atoms with Crippen molar-refractivity contribution in [3.8, 4) is 0 Å². The second kappa shape index (κ2) is 2.85. The van der Waals surface area contributed by atoms with Crippen LogP contribution >= 0.6 is 0 Å². The van der Waals surface area contributed by atoms with Gasteiger partial charge in [-0.15, -0.1) is 0 Å². The monoisotopic (exact) mass is 218 g/mol. The zero-order valence-electron chi connectivity index (χ0n) is 4.89. The van der Waals surface area contributed by atoms with Crippen molar-refractivity contribution >= 4 is 28.3 Å². The van der Waals surface area contributed by atoms with E-state index in [0.717, 1.165) is 23.2 Å². The van der Waals surface area contributed by atoms with Crippen LogP contribution in [0.5, 0.6) is 0 Å². The Hall–Kier alpha value is 0.469. The van der Waals surface area contributed by atoms with E-state index in [-0.39, 0.29) is 0 Å². The van der Waals surface area contributed by atoms with E-state index in [1.54, 1.807) is 0 Å². The van der Waals surface area contributed by atoms with Crippen LogP contribution in [0.1, 0.15) is 25.7 Å². The van der Waals surface area contributed by atoms with Crippen LogP contribution in [0.2, 0.25) is 3.93 Å². The fourth-order valence-corrected chi connectivity index (χ4v) is 2.48. The number of ketones is 1. The van der Waals surface area contributed by atoms with Crippen LogP contribution in [0.25, 0.3) is 0 Å². The minimum atomic E-state index is 0.494. The first-order chi connectivity index (χ1) is 3.79. The molecule has 0 aromatic carbocycles. The molecule has 0 aromatic heterocycles. The minimum absolute atomic E-state index is 0.494. The van der Waals surface area contributed by atoms with Gasteiger partial charge in [-0.3, -0.25) is 0 Å². The van der Waals surface area contributed by atoms with Crippen LogP contribution in [-0.2, 0) is 4.79 Å². The van der Waals surface area contributed by atoms with Crippen LogP contribution in [-0.4, -0.2) is 28.3 Å². The number of hydrogen-bond acceptors (Lipinski definition) is 1. The van der Waals surface area contributed by atoms with E-state index in [2.05, 4.69) is 0 Å². The molecule has 8 heavy (non-hydrogen) atoms. The van der Waals surface area contributed by atoms with Crippen LogP contribution in [0.15, 0.2) is 0 Å². The van der Waals surface area contributed by atoms with Gasteiger partial charge in [0, 0.05) is 0 Å². The summed E-state index contributed by atoms with van der Waals surface area (Å²) in [5.74, 6) is 0.494. The molecule has 2 heteroatoms. The summed E-state index contributed by atoms with van der Waals surface area (Å²) in [5, 5.41) is 0. The summed E-state index contributed by atoms with van der Waals surface area (Å²) in [5.41, 5.74) is 0. The Kier molecular flexibility index (Phi) is 2.35. The predicted octanol–water partition coefficient (Wildman–Crippen LogP) is 0.819. The number of rotatable bonds is 0. The van der Waals surface area contributed by atoms with Gasteiger partial charge in [-0.2, -0.15) is 0 Å². The molecule has 1 fully saturated rings. The molecule has 0 spiro atoms. The molecular formula is C6H10OSn. The number of hydrogen-bond donors (Lipinski definition) is 0. The van der Waals surface area contributed by atoms with Crippen molar-refractivity contribution in [2.45, 2.75) is 29.6 Å². The van der Waals surface area contributed by atoms with Gasteiger partial charge in [0.05, 0.1) is 0 Å². The Morgan fingerprint density at radius 1 is 1.62 bits per heavy atom. The average molecular weight is 217 g/mol. The van der Waals surface area contributed by atoms with E-state index in [1.165, 1.54) is 28.9 Å². The Balaban J connectivity index is 2.34. The van der Waals surface area contributed by atoms with Gasteiger partial charge in [-0.1, -0.05) is 0 Å². The second-order valence-corrected chi connectivity index (χ2v) is 5.09. The second-order valence-electron chi connectivity index (χ2n) is 2.40. The molecule has 1 saturated carbocycles. The molecule has 0 aromatic rings. The van der Waals surface area contributed by atoms with Gasteiger partial charge in [0.25, 0.3) is 0 Å². The van der Waals surface area contributed by atoms with Crippen molar-refractivity contribution in [3.05, 3.63) is 0 Å². The van der Waals surface area contributed by atoms with Crippen LogP contribution in [0.3, 0.4) is 0 Å². The first kappa shape index (κ1) is 6.59. The SMILES string of the molecule is O=C1CCC[CH]([SnH])C1. The van der Waals surface area contributed by atoms with Crippen LogP contribution < -0.4 is 0 Å². The van der Waals surface area contributed by atoms with E-state index >= 15 is 0 Å². The first-order valence-corrected chi connectivity index (χ1v) is 4.96. The van der Waals surface area contributed by atoms with Gasteiger partial charge in [-0.05, 0) is 0 Å². The third kappa shape index (κ3) is 1.77. The summed E-state index contributed by atoms with van der Waals surface area (Å²) in [6, 6.07) is 0. The summed E-state index contributed by atoms with van der Waals surface area (Å²) < 4.78 is 0.793. The third-order valence-corrected chi connectivity index (χ3v) is 3.14. The number of Topliss-reactive ketones (excluding diaryl/α,β-unsaturated/α-hetero) is 1. The normalized spacial score (nSPS) is 30.6. The molecule has 1 unspecified atom stereocenters. The van der Waals surface area contributed by atoms with E-state index in [4.69, 9.17) is 0 Å². The predicted molar refractivity (Wildman–Crippen MR) is 34.4 cm³/mol. The molecule has 0 amide bonds. The van der Waals surface area contributed by atoms with E-state index in [9.17, 15) is 4.79 Å². The fourth-order valence-electron chi connectivity index (χ4n) is 1.06. The molecule has 0 heterocycles. The molecule has 2 radical (unpaired) electrons. The molecule has 1 aliphatic rings. The Bertz CT molecular complexity index is 101. The van der Waals surface area contributed by atoms with Crippen molar-refractivity contribution in [1.29, 1.82) is 0 Å². The van der Waals surface area contributed by atoms with E-state index < -0.39 is 0 Å². The molecule has 1 nitrogen and oxygen atoms in total. The fraction of sp³-hybridized carbons (Fsp3) is 0.833. The summed E-state index contributed by atoms with van der Waals surface area (Å²) in [7, 11) is 0. The van der Waals surface area contributed by atoms with Gasteiger partial charge < -0.3 is 0 Å². The quantitative estimate of drug-likeness (QED) is 0.549. The van der Waals surface area contributed by atoms with Crippen molar-refractivity contribution in [2.24, 2.45) is 0 Å². The molecule has 0 saturated heterocycles. The van der Waals surface area contributed by atoms with Crippen LogP contribution in [0.4, 0.5) is 0 Å². The summed E-state index contributed by atoms with van der Waals surface area (Å²) in [6.45, 7) is 0. The summed E-state index contributed by atoms with van der Waals surface area (Å²) in [4.78, 5) is 10.7. The van der Waals surface area contributed by atoms with Gasteiger partial charge >= 0.3 is 62.7 Å². The molecule has 1 rings (SSSR count). The van der Waals surface area contributed by atoms with Gasteiger partial charge in [-0.25, -0.2) is 0 Å². The van der Waals surface area contributed by atoms with Gasteiger partial charge in [0.15, 0.2) is 0 Å². The summed E-state index contributed by atoms with van der Waals surface area (Å²) >= 11 is 1.28. The molecule has 0 N–H and O–H groups in total. The molecule has 0 aliphatic heterocycles. The third-order valence-electron chi connectivity index (χ3n) is 1.52. The van der Waals surface area contributed by atoms with Crippen molar-refractivity contribution in [1.82, 2.24) is 0 Å². The molecule has 44 valence electrons. The standard InChI is InChI=1S/C6H9O.Sn.H/c7-6-4-2-1-3-5-6;;/h2H,1,3-5H2;;. The van der Waals surface area contributed by atoms with Crippen LogP contribution in [0, 0.1) is 0 Å². The topological polar surface area (TPSA) is 17.1 Å². The molecule has 1 atom stereocenters. The Morgan fingerprint density at radius 2 is 2.38 bits per heavy atom. The van der Waals surface area contributed by atoms with E-state index in [0.29, 0.717) is 5.78 Å². The molecule has 0 bridgehead atoms. The maximum atomic E-state index is 10.7. The summed E-state index contributed by atoms with van der Waals surface area (Å²) in [6.07, 6.45) is 4.22. The van der Waals surface area contributed by atoms with Gasteiger partial charge in [0.1, 0.15) is 0 Å². The first-order valence-electron chi connectivity index (χ1n) is 3.06. The zero-order chi connectivity index (χ0) is 5.98. The van der Waals surface area contributed by atoms with Crippen molar-refractivity contribution in [3.63, 3.8) is 0 Å². The average Bonchev–Trinajstić information content (AvgIpc) is 1.64. The Morgan fingerprint density at radius 3 is 2.75 bits per heavy atom. The Labute approximate surface area is 62.9 Å².